The Bertz CT molecular complexity index is 852. The minimum Gasteiger partial charge on any atom is -0.431 e. The first kappa shape index (κ1) is 17.2. The summed E-state index contributed by atoms with van der Waals surface area (Å²) in [6.45, 7) is 3.10. The number of amides is 3. The molecule has 3 amide bonds. The highest BCUT2D eigenvalue weighted by Crippen LogP contribution is 2.29. The molecule has 1 aromatic heterocycles. The number of likely N-dealkylation sites (N-methyl/N-ethyl adjacent to an activating group) is 1. The Kier molecular flexibility index (Phi) is 4.52. The van der Waals surface area contributed by atoms with Crippen molar-refractivity contribution in [3.8, 4) is 0 Å². The Morgan fingerprint density at radius 1 is 1.38 bits per heavy atom. The number of hydrogen-bond acceptors (Lipinski definition) is 5. The summed E-state index contributed by atoms with van der Waals surface area (Å²) < 4.78 is 5.70. The highest BCUT2D eigenvalue weighted by atomic mass is 32.2. The van der Waals surface area contributed by atoms with Crippen LogP contribution in [-0.4, -0.2) is 58.7 Å². The van der Waals surface area contributed by atoms with Crippen LogP contribution in [0.5, 0.6) is 0 Å². The molecule has 138 valence electrons. The van der Waals surface area contributed by atoms with Crippen LogP contribution in [0, 0.1) is 5.92 Å². The molecule has 2 unspecified atom stereocenters. The Hall–Kier alpha value is -2.22. The molecule has 0 spiro atoms. The Balaban J connectivity index is 1.49. The van der Waals surface area contributed by atoms with Gasteiger partial charge in [-0.25, -0.2) is 9.78 Å². The second-order valence-electron chi connectivity index (χ2n) is 6.81. The molecule has 0 aliphatic carbocycles. The number of hydrogen-bond donors (Lipinski definition) is 1. The second kappa shape index (κ2) is 6.83. The standard InChI is InChI=1S/C18H22N4O3S/c1-3-26-18-20-14-7-5-12(8-15(14)25-18)19-17(24)22-9-11-4-6-13(10-22)21(2)16(11)23/h5,7-8,11,13H,3-4,6,9-10H2,1-2H3,(H,19,24). The van der Waals surface area contributed by atoms with Crippen molar-refractivity contribution in [2.75, 3.05) is 31.2 Å². The molecule has 3 aliphatic heterocycles. The van der Waals surface area contributed by atoms with E-state index in [2.05, 4.69) is 10.3 Å². The topological polar surface area (TPSA) is 78.7 Å². The van der Waals surface area contributed by atoms with Crippen LogP contribution in [0.4, 0.5) is 10.5 Å². The third-order valence-electron chi connectivity index (χ3n) is 5.14. The number of benzene rings is 1. The van der Waals surface area contributed by atoms with Gasteiger partial charge in [-0.1, -0.05) is 18.7 Å². The molecule has 3 saturated heterocycles. The molecule has 0 radical (unpaired) electrons. The third kappa shape index (κ3) is 3.13. The van der Waals surface area contributed by atoms with Crippen molar-refractivity contribution >= 4 is 40.5 Å². The van der Waals surface area contributed by atoms with Gasteiger partial charge >= 0.3 is 6.03 Å². The number of oxazole rings is 1. The zero-order valence-corrected chi connectivity index (χ0v) is 15.7. The van der Waals surface area contributed by atoms with Gasteiger partial charge < -0.3 is 19.5 Å². The van der Waals surface area contributed by atoms with Crippen molar-refractivity contribution in [2.24, 2.45) is 5.92 Å². The van der Waals surface area contributed by atoms with Gasteiger partial charge in [0.15, 0.2) is 5.58 Å². The summed E-state index contributed by atoms with van der Waals surface area (Å²) in [6, 6.07) is 5.40. The van der Waals surface area contributed by atoms with Crippen LogP contribution in [0.3, 0.4) is 0 Å². The average molecular weight is 374 g/mol. The maximum absolute atomic E-state index is 12.7. The molecule has 2 bridgehead atoms. The van der Waals surface area contributed by atoms with Gasteiger partial charge in [0.05, 0.1) is 5.92 Å². The lowest BCUT2D eigenvalue weighted by Crippen LogP contribution is -2.45. The van der Waals surface area contributed by atoms with E-state index in [4.69, 9.17) is 4.42 Å². The zero-order valence-electron chi connectivity index (χ0n) is 14.9. The lowest BCUT2D eigenvalue weighted by molar-refractivity contribution is -0.138. The van der Waals surface area contributed by atoms with Gasteiger partial charge in [-0.2, -0.15) is 0 Å². The first-order chi connectivity index (χ1) is 12.5. The van der Waals surface area contributed by atoms with Crippen LogP contribution >= 0.6 is 11.8 Å². The molecule has 4 heterocycles. The molecule has 2 atom stereocenters. The van der Waals surface area contributed by atoms with Crippen LogP contribution in [0.15, 0.2) is 27.8 Å². The molecule has 1 N–H and O–H groups in total. The van der Waals surface area contributed by atoms with Gasteiger partial charge in [-0.3, -0.25) is 4.79 Å². The van der Waals surface area contributed by atoms with Crippen molar-refractivity contribution in [1.29, 1.82) is 0 Å². The molecule has 3 fully saturated rings. The summed E-state index contributed by atoms with van der Waals surface area (Å²) in [5, 5.41) is 3.57. The van der Waals surface area contributed by atoms with E-state index in [0.29, 0.717) is 29.6 Å². The third-order valence-corrected chi connectivity index (χ3v) is 5.85. The molecule has 5 rings (SSSR count). The maximum Gasteiger partial charge on any atom is 0.321 e. The number of piperidine rings is 1. The summed E-state index contributed by atoms with van der Waals surface area (Å²) in [7, 11) is 1.84. The van der Waals surface area contributed by atoms with E-state index < -0.39 is 0 Å². The van der Waals surface area contributed by atoms with Gasteiger partial charge in [0.1, 0.15) is 5.52 Å². The lowest BCUT2D eigenvalue weighted by atomic mass is 9.95. The van der Waals surface area contributed by atoms with E-state index >= 15 is 0 Å². The van der Waals surface area contributed by atoms with Crippen molar-refractivity contribution in [1.82, 2.24) is 14.8 Å². The van der Waals surface area contributed by atoms with Gasteiger partial charge in [0.25, 0.3) is 5.22 Å². The number of carbonyl (C=O) groups excluding carboxylic acids is 2. The molecule has 1 aromatic carbocycles. The summed E-state index contributed by atoms with van der Waals surface area (Å²) >= 11 is 1.54. The quantitative estimate of drug-likeness (QED) is 0.836. The van der Waals surface area contributed by atoms with Gasteiger partial charge in [-0.15, -0.1) is 0 Å². The van der Waals surface area contributed by atoms with E-state index in [9.17, 15) is 9.59 Å². The highest BCUT2D eigenvalue weighted by Gasteiger charge is 2.40. The summed E-state index contributed by atoms with van der Waals surface area (Å²) in [6.07, 6.45) is 1.82. The van der Waals surface area contributed by atoms with E-state index in [1.807, 2.05) is 26.1 Å². The van der Waals surface area contributed by atoms with Gasteiger partial charge in [0, 0.05) is 37.9 Å². The largest absolute Gasteiger partial charge is 0.431 e. The zero-order chi connectivity index (χ0) is 18.3. The number of nitrogens with zero attached hydrogens (tertiary/aromatic N) is 3. The average Bonchev–Trinajstić information content (AvgIpc) is 2.82. The molecule has 7 nitrogen and oxygen atoms in total. The van der Waals surface area contributed by atoms with Gasteiger partial charge in [-0.05, 0) is 30.7 Å². The van der Waals surface area contributed by atoms with Crippen molar-refractivity contribution < 1.29 is 14.0 Å². The van der Waals surface area contributed by atoms with Crippen molar-refractivity contribution in [2.45, 2.75) is 31.0 Å². The monoisotopic (exact) mass is 374 g/mol. The molecule has 8 heteroatoms. The van der Waals surface area contributed by atoms with Crippen molar-refractivity contribution in [3.05, 3.63) is 18.2 Å². The van der Waals surface area contributed by atoms with Crippen LogP contribution in [-0.2, 0) is 4.79 Å². The fourth-order valence-corrected chi connectivity index (χ4v) is 4.25. The maximum atomic E-state index is 12.7. The summed E-state index contributed by atoms with van der Waals surface area (Å²) in [4.78, 5) is 33.0. The van der Waals surface area contributed by atoms with Crippen LogP contribution < -0.4 is 5.32 Å². The number of anilines is 1. The number of carbonyl (C=O) groups is 2. The number of rotatable bonds is 3. The molecular weight excluding hydrogens is 352 g/mol. The number of thioether (sulfide) groups is 1. The SMILES string of the molecule is CCSc1nc2ccc(NC(=O)N3CC4CCC(C3)N(C)C4=O)cc2o1. The molecule has 2 aromatic rings. The highest BCUT2D eigenvalue weighted by molar-refractivity contribution is 7.99. The Labute approximate surface area is 156 Å². The Morgan fingerprint density at radius 2 is 2.23 bits per heavy atom. The van der Waals surface area contributed by atoms with E-state index in [1.165, 1.54) is 0 Å². The van der Waals surface area contributed by atoms with Crippen molar-refractivity contribution in [3.63, 3.8) is 0 Å². The van der Waals surface area contributed by atoms with Gasteiger partial charge in [0.2, 0.25) is 5.91 Å². The summed E-state index contributed by atoms with van der Waals surface area (Å²) in [5.41, 5.74) is 2.10. The van der Waals surface area contributed by atoms with Crippen LogP contribution in [0.2, 0.25) is 0 Å². The molecular formula is C18H22N4O3S. The predicted molar refractivity (Wildman–Crippen MR) is 100 cm³/mol. The molecule has 3 aliphatic rings. The predicted octanol–water partition coefficient (Wildman–Crippen LogP) is 3.02. The number of nitrogens with one attached hydrogen (secondary N) is 1. The fourth-order valence-electron chi connectivity index (χ4n) is 3.69. The fraction of sp³-hybridized carbons (Fsp3) is 0.500. The Morgan fingerprint density at radius 3 is 3.04 bits per heavy atom. The first-order valence-electron chi connectivity index (χ1n) is 8.91. The molecule has 26 heavy (non-hydrogen) atoms. The smallest absolute Gasteiger partial charge is 0.321 e. The van der Waals surface area contributed by atoms with E-state index in [-0.39, 0.29) is 23.9 Å². The van der Waals surface area contributed by atoms with Crippen LogP contribution in [0.1, 0.15) is 19.8 Å². The number of aromatic nitrogens is 1. The molecule has 0 saturated carbocycles. The number of urea groups is 1. The van der Waals surface area contributed by atoms with E-state index in [0.717, 1.165) is 24.1 Å². The second-order valence-corrected chi connectivity index (χ2v) is 8.02. The minimum absolute atomic E-state index is 0.0881. The minimum atomic E-state index is -0.174. The lowest BCUT2D eigenvalue weighted by Gasteiger charge is -2.32. The number of fused-ring (bicyclic) bond motifs is 5. The van der Waals surface area contributed by atoms with Crippen LogP contribution in [0.25, 0.3) is 11.1 Å². The first-order valence-corrected chi connectivity index (χ1v) is 9.89. The van der Waals surface area contributed by atoms with E-state index in [1.54, 1.807) is 27.6 Å². The normalized spacial score (nSPS) is 22.8. The summed E-state index contributed by atoms with van der Waals surface area (Å²) in [5.74, 6) is 0.955.